The molecule has 2 heterocycles. The van der Waals surface area contributed by atoms with Gasteiger partial charge in [-0.2, -0.15) is 0 Å². The third kappa shape index (κ3) is 2.96. The van der Waals surface area contributed by atoms with Crippen LogP contribution >= 0.6 is 0 Å². The number of carbonyl (C=O) groups excluding carboxylic acids is 1. The Hall–Kier alpha value is -3.02. The second-order valence-corrected chi connectivity index (χ2v) is 5.08. The van der Waals surface area contributed by atoms with Crippen molar-refractivity contribution in [2.45, 2.75) is 13.8 Å². The average molecular weight is 309 g/mol. The largest absolute Gasteiger partial charge is 0.465 e. The normalized spacial score (nSPS) is 10.6. The molecule has 0 aliphatic heterocycles. The number of aromatic nitrogens is 3. The number of esters is 1. The summed E-state index contributed by atoms with van der Waals surface area (Å²) in [5.41, 5.74) is 4.06. The van der Waals surface area contributed by atoms with Gasteiger partial charge in [0, 0.05) is 24.2 Å². The fourth-order valence-electron chi connectivity index (χ4n) is 2.29. The van der Waals surface area contributed by atoms with Crippen LogP contribution in [0, 0.1) is 13.8 Å². The van der Waals surface area contributed by atoms with Crippen molar-refractivity contribution in [3.63, 3.8) is 0 Å². The molecule has 0 atom stereocenters. The van der Waals surface area contributed by atoms with Crippen LogP contribution in [-0.4, -0.2) is 28.3 Å². The van der Waals surface area contributed by atoms with E-state index in [2.05, 4.69) is 19.9 Å². The molecule has 0 aliphatic carbocycles. The van der Waals surface area contributed by atoms with E-state index in [9.17, 15) is 4.79 Å². The molecule has 3 aromatic rings. The van der Waals surface area contributed by atoms with E-state index < -0.39 is 5.97 Å². The number of rotatable bonds is 3. The first-order valence-corrected chi connectivity index (χ1v) is 7.04. The SMILES string of the molecule is COC(=O)c1ccc(-c2ccc(-c3nnc(C)o3)cc2C)nc1. The zero-order chi connectivity index (χ0) is 16.4. The van der Waals surface area contributed by atoms with Crippen LogP contribution in [0.3, 0.4) is 0 Å². The highest BCUT2D eigenvalue weighted by molar-refractivity contribution is 5.89. The van der Waals surface area contributed by atoms with Gasteiger partial charge in [0.05, 0.1) is 18.4 Å². The van der Waals surface area contributed by atoms with Gasteiger partial charge in [-0.15, -0.1) is 10.2 Å². The second kappa shape index (κ2) is 6.00. The van der Waals surface area contributed by atoms with Gasteiger partial charge in [-0.1, -0.05) is 6.07 Å². The summed E-state index contributed by atoms with van der Waals surface area (Å²) in [5, 5.41) is 7.85. The van der Waals surface area contributed by atoms with Crippen LogP contribution < -0.4 is 0 Å². The van der Waals surface area contributed by atoms with Gasteiger partial charge in [0.1, 0.15) is 0 Å². The number of methoxy groups -OCH3 is 1. The molecule has 6 heteroatoms. The summed E-state index contributed by atoms with van der Waals surface area (Å²) in [6.45, 7) is 3.74. The Kier molecular flexibility index (Phi) is 3.89. The van der Waals surface area contributed by atoms with Gasteiger partial charge in [0.25, 0.3) is 0 Å². The molecule has 1 aromatic carbocycles. The van der Waals surface area contributed by atoms with E-state index in [-0.39, 0.29) is 0 Å². The number of carbonyl (C=O) groups is 1. The summed E-state index contributed by atoms with van der Waals surface area (Å²) in [5.74, 6) is 0.621. The summed E-state index contributed by atoms with van der Waals surface area (Å²) < 4.78 is 10.1. The maximum atomic E-state index is 11.4. The lowest BCUT2D eigenvalue weighted by Crippen LogP contribution is -2.01. The molecule has 0 saturated heterocycles. The fraction of sp³-hybridized carbons (Fsp3) is 0.176. The summed E-state index contributed by atoms with van der Waals surface area (Å²) in [6, 6.07) is 9.32. The topological polar surface area (TPSA) is 78.1 Å². The molecule has 0 saturated carbocycles. The monoisotopic (exact) mass is 309 g/mol. The van der Waals surface area contributed by atoms with E-state index in [1.807, 2.05) is 25.1 Å². The van der Waals surface area contributed by atoms with E-state index in [4.69, 9.17) is 4.42 Å². The van der Waals surface area contributed by atoms with Crippen LogP contribution in [0.5, 0.6) is 0 Å². The Morgan fingerprint density at radius 2 is 1.96 bits per heavy atom. The molecule has 6 nitrogen and oxygen atoms in total. The number of pyridine rings is 1. The maximum Gasteiger partial charge on any atom is 0.339 e. The van der Waals surface area contributed by atoms with Gasteiger partial charge in [-0.25, -0.2) is 4.79 Å². The minimum Gasteiger partial charge on any atom is -0.465 e. The van der Waals surface area contributed by atoms with Gasteiger partial charge < -0.3 is 9.15 Å². The predicted molar refractivity (Wildman–Crippen MR) is 83.8 cm³/mol. The van der Waals surface area contributed by atoms with Crippen LogP contribution in [0.15, 0.2) is 40.9 Å². The molecule has 2 aromatic heterocycles. The van der Waals surface area contributed by atoms with Crippen LogP contribution in [-0.2, 0) is 4.74 Å². The van der Waals surface area contributed by atoms with Crippen molar-refractivity contribution in [3.05, 3.63) is 53.5 Å². The van der Waals surface area contributed by atoms with Gasteiger partial charge in [0.15, 0.2) is 0 Å². The summed E-state index contributed by atoms with van der Waals surface area (Å²) in [6.07, 6.45) is 1.51. The molecular formula is C17H15N3O3. The molecule has 0 fully saturated rings. The van der Waals surface area contributed by atoms with Crippen molar-refractivity contribution >= 4 is 5.97 Å². The minimum absolute atomic E-state index is 0.400. The Balaban J connectivity index is 1.93. The Morgan fingerprint density at radius 3 is 2.52 bits per heavy atom. The highest BCUT2D eigenvalue weighted by Crippen LogP contribution is 2.27. The highest BCUT2D eigenvalue weighted by Gasteiger charge is 2.11. The van der Waals surface area contributed by atoms with Crippen molar-refractivity contribution in [2.24, 2.45) is 0 Å². The van der Waals surface area contributed by atoms with Crippen molar-refractivity contribution in [1.29, 1.82) is 0 Å². The van der Waals surface area contributed by atoms with Crippen LogP contribution in [0.1, 0.15) is 21.8 Å². The van der Waals surface area contributed by atoms with Crippen molar-refractivity contribution < 1.29 is 13.9 Å². The number of benzene rings is 1. The first-order chi connectivity index (χ1) is 11.1. The van der Waals surface area contributed by atoms with Gasteiger partial charge >= 0.3 is 5.97 Å². The third-order valence-corrected chi connectivity index (χ3v) is 3.46. The quantitative estimate of drug-likeness (QED) is 0.691. The predicted octanol–water partition coefficient (Wildman–Crippen LogP) is 3.20. The summed E-state index contributed by atoms with van der Waals surface area (Å²) >= 11 is 0. The van der Waals surface area contributed by atoms with Gasteiger partial charge in [0.2, 0.25) is 11.8 Å². The zero-order valence-electron chi connectivity index (χ0n) is 13.0. The van der Waals surface area contributed by atoms with E-state index in [1.54, 1.807) is 19.1 Å². The minimum atomic E-state index is -0.400. The van der Waals surface area contributed by atoms with E-state index in [1.165, 1.54) is 13.3 Å². The molecule has 0 N–H and O–H groups in total. The number of nitrogens with zero attached hydrogens (tertiary/aromatic N) is 3. The molecule has 0 unspecified atom stereocenters. The lowest BCUT2D eigenvalue weighted by Gasteiger charge is -2.07. The van der Waals surface area contributed by atoms with E-state index in [0.717, 1.165) is 22.4 Å². The van der Waals surface area contributed by atoms with Gasteiger partial charge in [-0.3, -0.25) is 4.98 Å². The highest BCUT2D eigenvalue weighted by atomic mass is 16.5. The van der Waals surface area contributed by atoms with Crippen molar-refractivity contribution in [1.82, 2.24) is 15.2 Å². The summed E-state index contributed by atoms with van der Waals surface area (Å²) in [7, 11) is 1.35. The first-order valence-electron chi connectivity index (χ1n) is 7.04. The molecule has 116 valence electrons. The molecule has 0 spiro atoms. The van der Waals surface area contributed by atoms with Crippen LogP contribution in [0.4, 0.5) is 0 Å². The number of aryl methyl sites for hydroxylation is 2. The smallest absolute Gasteiger partial charge is 0.339 e. The molecule has 23 heavy (non-hydrogen) atoms. The van der Waals surface area contributed by atoms with Crippen LogP contribution in [0.2, 0.25) is 0 Å². The number of hydrogen-bond acceptors (Lipinski definition) is 6. The zero-order valence-corrected chi connectivity index (χ0v) is 13.0. The van der Waals surface area contributed by atoms with Crippen molar-refractivity contribution in [2.75, 3.05) is 7.11 Å². The maximum absolute atomic E-state index is 11.4. The Labute approximate surface area is 133 Å². The third-order valence-electron chi connectivity index (χ3n) is 3.46. The molecule has 0 amide bonds. The number of ether oxygens (including phenoxy) is 1. The first kappa shape index (κ1) is 14.9. The fourth-order valence-corrected chi connectivity index (χ4v) is 2.29. The molecule has 0 aliphatic rings. The number of hydrogen-bond donors (Lipinski definition) is 0. The van der Waals surface area contributed by atoms with Crippen molar-refractivity contribution in [3.8, 4) is 22.7 Å². The lowest BCUT2D eigenvalue weighted by molar-refractivity contribution is 0.0600. The Bertz CT molecular complexity index is 854. The second-order valence-electron chi connectivity index (χ2n) is 5.08. The lowest BCUT2D eigenvalue weighted by atomic mass is 10.0. The standard InChI is InChI=1S/C17H15N3O3/c1-10-8-12(16-20-19-11(2)23-16)4-6-14(10)15-7-5-13(9-18-15)17(21)22-3/h4-9H,1-3H3. The van der Waals surface area contributed by atoms with E-state index in [0.29, 0.717) is 17.3 Å². The Morgan fingerprint density at radius 1 is 1.13 bits per heavy atom. The van der Waals surface area contributed by atoms with Crippen LogP contribution in [0.25, 0.3) is 22.7 Å². The summed E-state index contributed by atoms with van der Waals surface area (Å²) in [4.78, 5) is 15.8. The molecular weight excluding hydrogens is 294 g/mol. The van der Waals surface area contributed by atoms with Gasteiger partial charge in [-0.05, 0) is 36.8 Å². The average Bonchev–Trinajstić information content (AvgIpc) is 3.01. The molecule has 0 radical (unpaired) electrons. The molecule has 0 bridgehead atoms. The molecule has 3 rings (SSSR count). The van der Waals surface area contributed by atoms with E-state index >= 15 is 0 Å².